The fourth-order valence-electron chi connectivity index (χ4n) is 4.52. The smallest absolute Gasteiger partial charge is 0.222 e. The number of H-pyrrole nitrogens is 1. The van der Waals surface area contributed by atoms with Gasteiger partial charge in [0.05, 0.1) is 10.9 Å². The Kier molecular flexibility index (Phi) is 6.45. The summed E-state index contributed by atoms with van der Waals surface area (Å²) in [5, 5.41) is 11.9. The number of pyridine rings is 1. The highest BCUT2D eigenvalue weighted by Gasteiger charge is 2.32. The molecule has 2 N–H and O–H groups in total. The first kappa shape index (κ1) is 22.7. The van der Waals surface area contributed by atoms with Crippen LogP contribution in [0.3, 0.4) is 0 Å². The average Bonchev–Trinajstić information content (AvgIpc) is 3.56. The first-order valence-electron chi connectivity index (χ1n) is 11.2. The van der Waals surface area contributed by atoms with Crippen LogP contribution in [0.1, 0.15) is 37.4 Å². The normalized spacial score (nSPS) is 17.1. The summed E-state index contributed by atoms with van der Waals surface area (Å²) in [7, 11) is 0. The first-order valence-corrected chi connectivity index (χ1v) is 12.4. The third kappa shape index (κ3) is 4.75. The Morgan fingerprint density at radius 3 is 2.76 bits per heavy atom. The molecule has 1 unspecified atom stereocenters. The number of anilines is 1. The number of carbonyl (C=O) groups is 1. The van der Waals surface area contributed by atoms with E-state index in [1.54, 1.807) is 23.9 Å². The van der Waals surface area contributed by atoms with Gasteiger partial charge in [-0.3, -0.25) is 9.69 Å². The lowest BCUT2D eigenvalue weighted by atomic mass is 9.96. The summed E-state index contributed by atoms with van der Waals surface area (Å²) in [5.74, 6) is 1.77. The molecule has 2 atom stereocenters. The van der Waals surface area contributed by atoms with E-state index in [2.05, 4.69) is 55.5 Å². The maximum Gasteiger partial charge on any atom is 0.222 e. The second-order valence-corrected chi connectivity index (χ2v) is 10.2. The molecule has 3 aromatic heterocycles. The van der Waals surface area contributed by atoms with Gasteiger partial charge in [0.2, 0.25) is 5.91 Å². The largest absolute Gasteiger partial charge is 0.327 e. The van der Waals surface area contributed by atoms with Crippen LogP contribution in [0.15, 0.2) is 55.0 Å². The zero-order valence-electron chi connectivity index (χ0n) is 19.0. The number of hydrogen-bond acceptors (Lipinski definition) is 6. The monoisotopic (exact) mass is 492 g/mol. The van der Waals surface area contributed by atoms with Gasteiger partial charge in [-0.2, -0.15) is 0 Å². The predicted octanol–water partition coefficient (Wildman–Crippen LogP) is 5.64. The number of carbonyl (C=O) groups excluding carboxylic acids is 1. The summed E-state index contributed by atoms with van der Waals surface area (Å²) in [6.45, 7) is 5.83. The molecule has 34 heavy (non-hydrogen) atoms. The molecule has 1 aliphatic rings. The molecule has 9 heteroatoms. The Labute approximate surface area is 207 Å². The number of rotatable bonds is 6. The number of nitrogens with one attached hydrogen (secondary N) is 2. The Morgan fingerprint density at radius 1 is 1.26 bits per heavy atom. The van der Waals surface area contributed by atoms with Crippen LogP contribution in [0.2, 0.25) is 5.02 Å². The van der Waals surface area contributed by atoms with E-state index in [-0.39, 0.29) is 11.9 Å². The number of aromatic nitrogens is 4. The molecule has 0 aliphatic carbocycles. The second-order valence-electron chi connectivity index (χ2n) is 8.69. The Bertz CT molecular complexity index is 1290. The maximum atomic E-state index is 11.5. The van der Waals surface area contributed by atoms with E-state index >= 15 is 0 Å². The van der Waals surface area contributed by atoms with Crippen LogP contribution in [-0.2, 0) is 4.79 Å². The van der Waals surface area contributed by atoms with E-state index < -0.39 is 0 Å². The van der Waals surface area contributed by atoms with Gasteiger partial charge in [0.1, 0.15) is 12.1 Å². The minimum absolute atomic E-state index is 0.0592. The Hall–Kier alpha value is -3.07. The van der Waals surface area contributed by atoms with Crippen LogP contribution in [0.25, 0.3) is 21.1 Å². The lowest BCUT2D eigenvalue weighted by Crippen LogP contribution is -2.27. The van der Waals surface area contributed by atoms with E-state index in [4.69, 9.17) is 11.6 Å². The molecule has 0 saturated carbocycles. The molecular weight excluding hydrogens is 468 g/mol. The molecule has 174 valence electrons. The molecule has 7 nitrogen and oxygen atoms in total. The van der Waals surface area contributed by atoms with Crippen molar-refractivity contribution in [2.24, 2.45) is 5.92 Å². The number of nitrogens with zero attached hydrogens (tertiary/aromatic N) is 4. The summed E-state index contributed by atoms with van der Waals surface area (Å²) in [5.41, 5.74) is 3.35. The standard InChI is InChI=1S/C25H25ClN6OS/c1-15-8-10-32(13-15)23(17-3-5-19(26)6-4-17)20-12-21(34-24(20)25-28-14-29-31-25)18-7-9-27-22(11-18)30-16(2)33/h3-7,9,11-12,14-15,23H,8,10,13H2,1-2H3,(H,27,30,33)(H,28,29,31)/t15-,23?/m1/s1. The van der Waals surface area contributed by atoms with Crippen molar-refractivity contribution in [3.63, 3.8) is 0 Å². The van der Waals surface area contributed by atoms with Crippen LogP contribution in [0.5, 0.6) is 0 Å². The SMILES string of the molecule is CC(=O)Nc1cc(-c2cc(C(c3ccc(Cl)cc3)N3CC[C@@H](C)C3)c(-c3nnc[nH]3)s2)ccn1. The molecule has 4 heterocycles. The number of benzene rings is 1. The van der Waals surface area contributed by atoms with Gasteiger partial charge in [0.15, 0.2) is 5.82 Å². The summed E-state index contributed by atoms with van der Waals surface area (Å²) in [6.07, 6.45) is 4.49. The van der Waals surface area contributed by atoms with Crippen molar-refractivity contribution in [1.82, 2.24) is 25.1 Å². The third-order valence-electron chi connectivity index (χ3n) is 6.04. The highest BCUT2D eigenvalue weighted by Crippen LogP contribution is 2.45. The summed E-state index contributed by atoms with van der Waals surface area (Å²) < 4.78 is 0. The molecule has 1 amide bonds. The molecule has 1 fully saturated rings. The molecule has 4 aromatic rings. The number of hydrogen-bond donors (Lipinski definition) is 2. The van der Waals surface area contributed by atoms with Crippen molar-refractivity contribution in [2.75, 3.05) is 18.4 Å². The van der Waals surface area contributed by atoms with Crippen LogP contribution in [0, 0.1) is 5.92 Å². The Balaban J connectivity index is 1.64. The lowest BCUT2D eigenvalue weighted by Gasteiger charge is -2.29. The van der Waals surface area contributed by atoms with Crippen LogP contribution < -0.4 is 5.32 Å². The van der Waals surface area contributed by atoms with Crippen molar-refractivity contribution in [1.29, 1.82) is 0 Å². The van der Waals surface area contributed by atoms with Crippen molar-refractivity contribution in [2.45, 2.75) is 26.3 Å². The van der Waals surface area contributed by atoms with Crippen molar-refractivity contribution >= 4 is 34.7 Å². The lowest BCUT2D eigenvalue weighted by molar-refractivity contribution is -0.114. The molecule has 1 saturated heterocycles. The van der Waals surface area contributed by atoms with Crippen molar-refractivity contribution in [3.05, 3.63) is 71.1 Å². The molecule has 0 radical (unpaired) electrons. The van der Waals surface area contributed by atoms with Gasteiger partial charge in [-0.25, -0.2) is 4.98 Å². The maximum absolute atomic E-state index is 11.5. The average molecular weight is 493 g/mol. The van der Waals surface area contributed by atoms with Gasteiger partial charge in [0, 0.05) is 29.6 Å². The number of amides is 1. The van der Waals surface area contributed by atoms with E-state index in [9.17, 15) is 4.79 Å². The number of likely N-dealkylation sites (tertiary alicyclic amines) is 1. The zero-order valence-corrected chi connectivity index (χ0v) is 20.5. The van der Waals surface area contributed by atoms with Crippen LogP contribution >= 0.6 is 22.9 Å². The van der Waals surface area contributed by atoms with Gasteiger partial charge in [-0.15, -0.1) is 21.5 Å². The molecule has 5 rings (SSSR count). The van der Waals surface area contributed by atoms with Crippen LogP contribution in [-0.4, -0.2) is 44.1 Å². The first-order chi connectivity index (χ1) is 16.5. The number of halogens is 1. The summed E-state index contributed by atoms with van der Waals surface area (Å²) >= 11 is 7.88. The zero-order chi connectivity index (χ0) is 23.7. The van der Waals surface area contributed by atoms with E-state index in [1.165, 1.54) is 24.5 Å². The Morgan fingerprint density at radius 2 is 2.09 bits per heavy atom. The molecule has 1 aromatic carbocycles. The van der Waals surface area contributed by atoms with Gasteiger partial charge >= 0.3 is 0 Å². The molecule has 1 aliphatic heterocycles. The topological polar surface area (TPSA) is 86.8 Å². The van der Waals surface area contributed by atoms with Crippen LogP contribution in [0.4, 0.5) is 5.82 Å². The fraction of sp³-hybridized carbons (Fsp3) is 0.280. The van der Waals surface area contributed by atoms with E-state index in [1.807, 2.05) is 24.3 Å². The minimum atomic E-state index is -0.148. The van der Waals surface area contributed by atoms with Crippen molar-refractivity contribution in [3.8, 4) is 21.1 Å². The van der Waals surface area contributed by atoms with E-state index in [0.717, 1.165) is 39.3 Å². The second kappa shape index (κ2) is 9.66. The molecule has 0 spiro atoms. The molecular formula is C25H25ClN6OS. The van der Waals surface area contributed by atoms with Crippen molar-refractivity contribution < 1.29 is 4.79 Å². The summed E-state index contributed by atoms with van der Waals surface area (Å²) in [4.78, 5) is 23.6. The highest BCUT2D eigenvalue weighted by atomic mass is 35.5. The fourth-order valence-corrected chi connectivity index (χ4v) is 5.78. The minimum Gasteiger partial charge on any atom is -0.327 e. The van der Waals surface area contributed by atoms with Gasteiger partial charge in [-0.1, -0.05) is 30.7 Å². The quantitative estimate of drug-likeness (QED) is 0.364. The third-order valence-corrected chi connectivity index (χ3v) is 7.50. The number of aromatic amines is 1. The van der Waals surface area contributed by atoms with Gasteiger partial charge in [-0.05, 0) is 65.9 Å². The summed E-state index contributed by atoms with van der Waals surface area (Å²) in [6, 6.07) is 14.3. The highest BCUT2D eigenvalue weighted by molar-refractivity contribution is 7.19. The number of thiophene rings is 1. The predicted molar refractivity (Wildman–Crippen MR) is 136 cm³/mol. The van der Waals surface area contributed by atoms with E-state index in [0.29, 0.717) is 11.7 Å². The van der Waals surface area contributed by atoms with Gasteiger partial charge in [0.25, 0.3) is 0 Å². The van der Waals surface area contributed by atoms with Gasteiger partial charge < -0.3 is 10.3 Å². The molecule has 0 bridgehead atoms.